The molecule has 2 aromatic heterocycles. The monoisotopic (exact) mass is 363 g/mol. The van der Waals surface area contributed by atoms with Gasteiger partial charge < -0.3 is 18.8 Å². The molecule has 1 saturated heterocycles. The molecule has 138 valence electrons. The summed E-state index contributed by atoms with van der Waals surface area (Å²) in [5.41, 5.74) is 2.27. The number of hydrogen-bond donors (Lipinski definition) is 0. The van der Waals surface area contributed by atoms with Crippen molar-refractivity contribution in [2.75, 3.05) is 26.2 Å². The largest absolute Gasteiger partial charge is 0.469 e. The molecule has 0 atom stereocenters. The van der Waals surface area contributed by atoms with Gasteiger partial charge in [0.15, 0.2) is 0 Å². The number of rotatable bonds is 3. The minimum Gasteiger partial charge on any atom is -0.469 e. The van der Waals surface area contributed by atoms with Crippen molar-refractivity contribution in [3.8, 4) is 5.69 Å². The molecule has 1 aliphatic rings. The number of furan rings is 1. The molecule has 6 nitrogen and oxygen atoms in total. The molecule has 0 aliphatic carbocycles. The molecule has 0 bridgehead atoms. The van der Waals surface area contributed by atoms with E-state index in [1.54, 1.807) is 22.8 Å². The van der Waals surface area contributed by atoms with Gasteiger partial charge in [0.05, 0.1) is 11.8 Å². The molecule has 1 fully saturated rings. The molecule has 1 aliphatic heterocycles. The van der Waals surface area contributed by atoms with Crippen LogP contribution in [0.1, 0.15) is 26.5 Å². The minimum atomic E-state index is -0.0376. The van der Waals surface area contributed by atoms with Crippen LogP contribution in [0.15, 0.2) is 65.5 Å². The third kappa shape index (κ3) is 3.38. The van der Waals surface area contributed by atoms with Gasteiger partial charge in [0.25, 0.3) is 11.8 Å². The molecule has 0 unspecified atom stereocenters. The van der Waals surface area contributed by atoms with Gasteiger partial charge in [-0.3, -0.25) is 9.59 Å². The highest BCUT2D eigenvalue weighted by atomic mass is 16.3. The lowest BCUT2D eigenvalue weighted by atomic mass is 10.1. The fraction of sp³-hybridized carbons (Fsp3) is 0.238. The number of hydrogen-bond acceptors (Lipinski definition) is 3. The van der Waals surface area contributed by atoms with Gasteiger partial charge in [-0.15, -0.1) is 0 Å². The maximum absolute atomic E-state index is 12.8. The Balaban J connectivity index is 1.38. The van der Waals surface area contributed by atoms with Crippen molar-refractivity contribution in [2.24, 2.45) is 0 Å². The fourth-order valence-electron chi connectivity index (χ4n) is 3.36. The van der Waals surface area contributed by atoms with E-state index in [0.29, 0.717) is 43.1 Å². The first-order valence-corrected chi connectivity index (χ1v) is 8.99. The van der Waals surface area contributed by atoms with E-state index in [1.165, 1.54) is 6.26 Å². The summed E-state index contributed by atoms with van der Waals surface area (Å²) in [6, 6.07) is 13.2. The number of piperazine rings is 1. The highest BCUT2D eigenvalue weighted by Crippen LogP contribution is 2.16. The first kappa shape index (κ1) is 17.1. The van der Waals surface area contributed by atoms with E-state index >= 15 is 0 Å². The van der Waals surface area contributed by atoms with Crippen LogP contribution in [0.5, 0.6) is 0 Å². The average Bonchev–Trinajstić information content (AvgIpc) is 3.39. The smallest absolute Gasteiger partial charge is 0.257 e. The zero-order valence-electron chi connectivity index (χ0n) is 15.2. The second-order valence-electron chi connectivity index (χ2n) is 6.61. The van der Waals surface area contributed by atoms with Crippen molar-refractivity contribution in [3.05, 3.63) is 78.0 Å². The Morgan fingerprint density at radius 1 is 0.852 bits per heavy atom. The molecule has 0 radical (unpaired) electrons. The molecule has 2 amide bonds. The van der Waals surface area contributed by atoms with Crippen molar-refractivity contribution in [3.63, 3.8) is 0 Å². The lowest BCUT2D eigenvalue weighted by Gasteiger charge is -2.34. The summed E-state index contributed by atoms with van der Waals surface area (Å²) >= 11 is 0. The summed E-state index contributed by atoms with van der Waals surface area (Å²) in [7, 11) is 0. The molecule has 0 saturated carbocycles. The van der Waals surface area contributed by atoms with E-state index in [4.69, 9.17) is 4.42 Å². The standard InChI is InChI=1S/C21H21N3O3/c1-16-19(8-15-27-16)21(26)24-13-11-23(12-14-24)20(25)17-4-6-18(7-5-17)22-9-2-3-10-22/h2-10,15H,11-14H2,1H3. The highest BCUT2D eigenvalue weighted by molar-refractivity contribution is 5.96. The van der Waals surface area contributed by atoms with E-state index in [2.05, 4.69) is 0 Å². The summed E-state index contributed by atoms with van der Waals surface area (Å²) in [5, 5.41) is 0. The van der Waals surface area contributed by atoms with E-state index < -0.39 is 0 Å². The number of carbonyl (C=O) groups excluding carboxylic acids is 2. The van der Waals surface area contributed by atoms with Gasteiger partial charge in [0, 0.05) is 49.8 Å². The third-order valence-corrected chi connectivity index (χ3v) is 4.96. The van der Waals surface area contributed by atoms with Gasteiger partial charge in [-0.25, -0.2) is 0 Å². The summed E-state index contributed by atoms with van der Waals surface area (Å²) in [6.07, 6.45) is 5.46. The van der Waals surface area contributed by atoms with Crippen molar-refractivity contribution >= 4 is 11.8 Å². The van der Waals surface area contributed by atoms with Crippen LogP contribution in [0.2, 0.25) is 0 Å². The summed E-state index contributed by atoms with van der Waals surface area (Å²) in [4.78, 5) is 28.9. The maximum atomic E-state index is 12.8. The molecular formula is C21H21N3O3. The van der Waals surface area contributed by atoms with Gasteiger partial charge in [-0.1, -0.05) is 0 Å². The number of benzene rings is 1. The number of nitrogens with zero attached hydrogens (tertiary/aromatic N) is 3. The first-order valence-electron chi connectivity index (χ1n) is 8.99. The number of aryl methyl sites for hydroxylation is 1. The Morgan fingerprint density at radius 3 is 2.00 bits per heavy atom. The molecule has 0 spiro atoms. The first-order chi connectivity index (χ1) is 13.1. The number of amides is 2. The molecule has 27 heavy (non-hydrogen) atoms. The Morgan fingerprint density at radius 2 is 1.44 bits per heavy atom. The van der Waals surface area contributed by atoms with Gasteiger partial charge in [-0.05, 0) is 49.4 Å². The van der Waals surface area contributed by atoms with Crippen LogP contribution in [-0.2, 0) is 0 Å². The number of carbonyl (C=O) groups is 2. The highest BCUT2D eigenvalue weighted by Gasteiger charge is 2.26. The fourth-order valence-corrected chi connectivity index (χ4v) is 3.36. The second-order valence-corrected chi connectivity index (χ2v) is 6.61. The van der Waals surface area contributed by atoms with E-state index in [1.807, 2.05) is 53.4 Å². The molecule has 3 heterocycles. The molecule has 1 aromatic carbocycles. The molecule has 3 aromatic rings. The molecular weight excluding hydrogens is 342 g/mol. The van der Waals surface area contributed by atoms with Crippen molar-refractivity contribution in [1.82, 2.24) is 14.4 Å². The lowest BCUT2D eigenvalue weighted by Crippen LogP contribution is -2.50. The molecule has 0 N–H and O–H groups in total. The Kier molecular flexibility index (Phi) is 4.54. The Labute approximate surface area is 157 Å². The van der Waals surface area contributed by atoms with Gasteiger partial charge in [-0.2, -0.15) is 0 Å². The lowest BCUT2D eigenvalue weighted by molar-refractivity contribution is 0.0534. The van der Waals surface area contributed by atoms with Crippen LogP contribution in [-0.4, -0.2) is 52.4 Å². The second kappa shape index (κ2) is 7.15. The molecule has 4 rings (SSSR count). The van der Waals surface area contributed by atoms with Crippen molar-refractivity contribution in [2.45, 2.75) is 6.92 Å². The summed E-state index contributed by atoms with van der Waals surface area (Å²) in [6.45, 7) is 3.89. The summed E-state index contributed by atoms with van der Waals surface area (Å²) in [5.74, 6) is 0.589. The van der Waals surface area contributed by atoms with E-state index in [9.17, 15) is 9.59 Å². The maximum Gasteiger partial charge on any atom is 0.257 e. The predicted molar refractivity (Wildman–Crippen MR) is 101 cm³/mol. The summed E-state index contributed by atoms with van der Waals surface area (Å²) < 4.78 is 7.21. The normalized spacial score (nSPS) is 14.4. The molecule has 6 heteroatoms. The Bertz CT molecular complexity index is 933. The predicted octanol–water partition coefficient (Wildman–Crippen LogP) is 2.98. The van der Waals surface area contributed by atoms with Gasteiger partial charge >= 0.3 is 0 Å². The minimum absolute atomic E-state index is 0.000599. The quantitative estimate of drug-likeness (QED) is 0.719. The van der Waals surface area contributed by atoms with Gasteiger partial charge in [0.2, 0.25) is 0 Å². The van der Waals surface area contributed by atoms with Crippen LogP contribution in [0, 0.1) is 6.92 Å². The van der Waals surface area contributed by atoms with Crippen LogP contribution >= 0.6 is 0 Å². The van der Waals surface area contributed by atoms with Crippen LogP contribution in [0.3, 0.4) is 0 Å². The van der Waals surface area contributed by atoms with Crippen LogP contribution in [0.4, 0.5) is 0 Å². The van der Waals surface area contributed by atoms with E-state index in [-0.39, 0.29) is 11.8 Å². The van der Waals surface area contributed by atoms with E-state index in [0.717, 1.165) is 5.69 Å². The van der Waals surface area contributed by atoms with Gasteiger partial charge in [0.1, 0.15) is 5.76 Å². The van der Waals surface area contributed by atoms with Crippen molar-refractivity contribution < 1.29 is 14.0 Å². The third-order valence-electron chi connectivity index (χ3n) is 4.96. The van der Waals surface area contributed by atoms with Crippen LogP contribution < -0.4 is 0 Å². The van der Waals surface area contributed by atoms with Crippen molar-refractivity contribution in [1.29, 1.82) is 0 Å². The zero-order valence-corrected chi connectivity index (χ0v) is 15.2. The SMILES string of the molecule is Cc1occc1C(=O)N1CCN(C(=O)c2ccc(-n3cccc3)cc2)CC1. The van der Waals surface area contributed by atoms with Crippen LogP contribution in [0.25, 0.3) is 5.69 Å². The Hall–Kier alpha value is -3.28. The zero-order chi connectivity index (χ0) is 18.8. The topological polar surface area (TPSA) is 58.7 Å². The average molecular weight is 363 g/mol. The number of aromatic nitrogens is 1.